The van der Waals surface area contributed by atoms with E-state index in [0.717, 1.165) is 55.1 Å². The van der Waals surface area contributed by atoms with Gasteiger partial charge in [0.05, 0.1) is 18.7 Å². The van der Waals surface area contributed by atoms with Crippen LogP contribution in [0.1, 0.15) is 12.8 Å². The molecular weight excluding hydrogens is 376 g/mol. The Hall–Kier alpha value is -3.19. The molecule has 0 aliphatic carbocycles. The number of amides is 1. The average molecular weight is 403 g/mol. The van der Waals surface area contributed by atoms with E-state index in [-0.39, 0.29) is 11.8 Å². The van der Waals surface area contributed by atoms with Crippen molar-refractivity contribution in [1.82, 2.24) is 19.9 Å². The number of hydrogen-bond acceptors (Lipinski definition) is 5. The van der Waals surface area contributed by atoms with Crippen molar-refractivity contribution in [3.05, 3.63) is 60.8 Å². The maximum absolute atomic E-state index is 12.8. The fourth-order valence-corrected chi connectivity index (χ4v) is 4.82. The standard InChI is InChI=1S/C23H26N6O/c24-18-6-4-5-17(11-18)22-15-29(27-26-22)13-20-12-16-9-10-28(20)14-21(16)23(30)25-19-7-2-1-3-8-19/h1-8,11,15-16,20-21H,9-10,12-14,24H2,(H,25,30)/t16-,20-,21+/m1/s1. The van der Waals surface area contributed by atoms with Crippen LogP contribution in [0.15, 0.2) is 60.8 Å². The smallest absolute Gasteiger partial charge is 0.229 e. The first-order chi connectivity index (χ1) is 14.7. The van der Waals surface area contributed by atoms with Crippen LogP contribution in [0, 0.1) is 11.8 Å². The van der Waals surface area contributed by atoms with Gasteiger partial charge in [-0.1, -0.05) is 35.5 Å². The van der Waals surface area contributed by atoms with E-state index < -0.39 is 0 Å². The van der Waals surface area contributed by atoms with Crippen LogP contribution in [0.25, 0.3) is 11.3 Å². The van der Waals surface area contributed by atoms with Crippen LogP contribution >= 0.6 is 0 Å². The van der Waals surface area contributed by atoms with E-state index in [9.17, 15) is 4.79 Å². The highest BCUT2D eigenvalue weighted by atomic mass is 16.2. The summed E-state index contributed by atoms with van der Waals surface area (Å²) in [5.41, 5.74) is 9.28. The summed E-state index contributed by atoms with van der Waals surface area (Å²) in [7, 11) is 0. The third-order valence-corrected chi connectivity index (χ3v) is 6.38. The SMILES string of the molecule is Nc1cccc(-c2cn(C[C@H]3C[C@H]4CCN3C[C@@H]4C(=O)Nc3ccccc3)nn2)c1. The molecule has 3 N–H and O–H groups in total. The van der Waals surface area contributed by atoms with Gasteiger partial charge >= 0.3 is 0 Å². The van der Waals surface area contributed by atoms with Crippen LogP contribution in [0.4, 0.5) is 11.4 Å². The monoisotopic (exact) mass is 402 g/mol. The number of aromatic nitrogens is 3. The van der Waals surface area contributed by atoms with Gasteiger partial charge in [0.25, 0.3) is 0 Å². The molecule has 3 aliphatic heterocycles. The zero-order valence-corrected chi connectivity index (χ0v) is 16.8. The molecule has 4 heterocycles. The summed E-state index contributed by atoms with van der Waals surface area (Å²) in [6.07, 6.45) is 4.08. The first kappa shape index (κ1) is 18.8. The molecule has 2 aromatic carbocycles. The van der Waals surface area contributed by atoms with E-state index >= 15 is 0 Å². The Morgan fingerprint density at radius 2 is 2.03 bits per heavy atom. The van der Waals surface area contributed by atoms with Gasteiger partial charge in [-0.3, -0.25) is 14.4 Å². The fourth-order valence-electron chi connectivity index (χ4n) is 4.82. The third-order valence-electron chi connectivity index (χ3n) is 6.38. The first-order valence-electron chi connectivity index (χ1n) is 10.5. The van der Waals surface area contributed by atoms with E-state index in [1.807, 2.05) is 65.5 Å². The van der Waals surface area contributed by atoms with Crippen LogP contribution in [0.5, 0.6) is 0 Å². The van der Waals surface area contributed by atoms with Crippen molar-refractivity contribution in [3.63, 3.8) is 0 Å². The number of hydrogen-bond donors (Lipinski definition) is 2. The number of benzene rings is 2. The second-order valence-corrected chi connectivity index (χ2v) is 8.35. The van der Waals surface area contributed by atoms with E-state index in [0.29, 0.717) is 12.0 Å². The molecule has 0 saturated carbocycles. The number of nitrogens with two attached hydrogens (primary N) is 1. The Bertz CT molecular complexity index is 1030. The summed E-state index contributed by atoms with van der Waals surface area (Å²) in [5.74, 6) is 0.605. The lowest BCUT2D eigenvalue weighted by molar-refractivity contribution is -0.127. The second-order valence-electron chi connectivity index (χ2n) is 8.35. The van der Waals surface area contributed by atoms with Crippen molar-refractivity contribution in [2.75, 3.05) is 24.1 Å². The van der Waals surface area contributed by atoms with E-state index in [4.69, 9.17) is 5.73 Å². The number of rotatable bonds is 5. The Labute approximate surface area is 175 Å². The van der Waals surface area contributed by atoms with Crippen molar-refractivity contribution in [3.8, 4) is 11.3 Å². The number of carbonyl (C=O) groups is 1. The summed E-state index contributed by atoms with van der Waals surface area (Å²) >= 11 is 0. The molecule has 2 bridgehead atoms. The molecule has 7 heteroatoms. The lowest BCUT2D eigenvalue weighted by atomic mass is 9.75. The highest BCUT2D eigenvalue weighted by Crippen LogP contribution is 2.37. The van der Waals surface area contributed by atoms with Crippen molar-refractivity contribution in [2.24, 2.45) is 11.8 Å². The van der Waals surface area contributed by atoms with E-state index in [1.165, 1.54) is 0 Å². The van der Waals surface area contributed by atoms with Crippen molar-refractivity contribution in [1.29, 1.82) is 0 Å². The Balaban J connectivity index is 1.23. The predicted octanol–water partition coefficient (Wildman–Crippen LogP) is 2.88. The molecule has 6 rings (SSSR count). The van der Waals surface area contributed by atoms with E-state index in [2.05, 4.69) is 20.5 Å². The minimum Gasteiger partial charge on any atom is -0.399 e. The molecule has 0 spiro atoms. The lowest BCUT2D eigenvalue weighted by Gasteiger charge is -2.49. The normalized spacial score (nSPS) is 25.2. The molecule has 4 atom stereocenters. The zero-order chi connectivity index (χ0) is 20.5. The Morgan fingerprint density at radius 3 is 2.80 bits per heavy atom. The number of nitrogens with one attached hydrogen (secondary N) is 1. The van der Waals surface area contributed by atoms with Crippen molar-refractivity contribution >= 4 is 17.3 Å². The van der Waals surface area contributed by atoms with Crippen LogP contribution < -0.4 is 11.1 Å². The summed E-state index contributed by atoms with van der Waals surface area (Å²) in [6, 6.07) is 17.8. The molecule has 1 amide bonds. The van der Waals surface area contributed by atoms with Crippen LogP contribution in [0.2, 0.25) is 0 Å². The molecule has 3 saturated heterocycles. The Morgan fingerprint density at radius 1 is 1.17 bits per heavy atom. The number of carbonyl (C=O) groups excluding carboxylic acids is 1. The summed E-state index contributed by atoms with van der Waals surface area (Å²) < 4.78 is 1.92. The third kappa shape index (κ3) is 3.80. The van der Waals surface area contributed by atoms with Gasteiger partial charge in [-0.2, -0.15) is 0 Å². The maximum atomic E-state index is 12.8. The Kier molecular flexibility index (Phi) is 4.96. The quantitative estimate of drug-likeness (QED) is 0.641. The lowest BCUT2D eigenvalue weighted by Crippen LogP contribution is -2.57. The number of para-hydroxylation sites is 1. The molecule has 30 heavy (non-hydrogen) atoms. The van der Waals surface area contributed by atoms with Gasteiger partial charge in [-0.25, -0.2) is 0 Å². The van der Waals surface area contributed by atoms with Gasteiger partial charge in [0.15, 0.2) is 0 Å². The van der Waals surface area contributed by atoms with Gasteiger partial charge < -0.3 is 11.1 Å². The van der Waals surface area contributed by atoms with Gasteiger partial charge in [-0.15, -0.1) is 5.10 Å². The molecule has 3 aromatic rings. The topological polar surface area (TPSA) is 89.1 Å². The minimum absolute atomic E-state index is 0.0498. The van der Waals surface area contributed by atoms with Gasteiger partial charge in [0.1, 0.15) is 5.69 Å². The molecule has 3 fully saturated rings. The molecule has 3 aliphatic rings. The number of nitrogens with zero attached hydrogens (tertiary/aromatic N) is 4. The summed E-state index contributed by atoms with van der Waals surface area (Å²) in [5, 5.41) is 11.7. The largest absolute Gasteiger partial charge is 0.399 e. The minimum atomic E-state index is 0.0498. The van der Waals surface area contributed by atoms with E-state index in [1.54, 1.807) is 0 Å². The molecule has 1 unspecified atom stereocenters. The van der Waals surface area contributed by atoms with Crippen molar-refractivity contribution in [2.45, 2.75) is 25.4 Å². The highest BCUT2D eigenvalue weighted by molar-refractivity contribution is 5.93. The number of piperidine rings is 3. The highest BCUT2D eigenvalue weighted by Gasteiger charge is 2.43. The summed E-state index contributed by atoms with van der Waals surface area (Å²) in [4.78, 5) is 15.3. The molecule has 1 aromatic heterocycles. The zero-order valence-electron chi connectivity index (χ0n) is 16.8. The van der Waals surface area contributed by atoms with Crippen LogP contribution in [-0.2, 0) is 11.3 Å². The number of fused-ring (bicyclic) bond motifs is 3. The van der Waals surface area contributed by atoms with Gasteiger partial charge in [-0.05, 0) is 49.6 Å². The molecule has 154 valence electrons. The molecular formula is C23H26N6O. The van der Waals surface area contributed by atoms with Crippen molar-refractivity contribution < 1.29 is 4.79 Å². The fraction of sp³-hybridized carbons (Fsp3) is 0.348. The number of nitrogen functional groups attached to an aromatic ring is 1. The molecule has 0 radical (unpaired) electrons. The summed E-state index contributed by atoms with van der Waals surface area (Å²) in [6.45, 7) is 2.64. The van der Waals surface area contributed by atoms with Gasteiger partial charge in [0, 0.05) is 29.5 Å². The predicted molar refractivity (Wildman–Crippen MR) is 117 cm³/mol. The average Bonchev–Trinajstić information content (AvgIpc) is 3.23. The second kappa shape index (κ2) is 7.91. The molecule has 7 nitrogen and oxygen atoms in total. The maximum Gasteiger partial charge on any atom is 0.229 e. The van der Waals surface area contributed by atoms with Crippen LogP contribution in [0.3, 0.4) is 0 Å². The first-order valence-corrected chi connectivity index (χ1v) is 10.5. The van der Waals surface area contributed by atoms with Crippen LogP contribution in [-0.4, -0.2) is 44.9 Å². The number of anilines is 2. The van der Waals surface area contributed by atoms with Gasteiger partial charge in [0.2, 0.25) is 5.91 Å².